The molecule has 0 aromatic heterocycles. The smallest absolute Gasteiger partial charge is 0.337 e. The van der Waals surface area contributed by atoms with E-state index in [-0.39, 0.29) is 17.2 Å². The second kappa shape index (κ2) is 5.69. The Labute approximate surface area is 98.9 Å². The lowest BCUT2D eigenvalue weighted by Crippen LogP contribution is -2.19. The Kier molecular flexibility index (Phi) is 4.28. The number of carboxylic acid groups (broad SMARTS) is 1. The highest BCUT2D eigenvalue weighted by atomic mass is 16.4. The lowest BCUT2D eigenvalue weighted by atomic mass is 10.1. The Hall–Kier alpha value is -2.30. The molecule has 5 heteroatoms. The number of amides is 1. The molecule has 4 N–H and O–H groups in total. The van der Waals surface area contributed by atoms with Crippen molar-refractivity contribution in [2.24, 2.45) is 0 Å². The molecule has 0 fully saturated rings. The molecule has 0 saturated heterocycles. The second-order valence-electron chi connectivity index (χ2n) is 3.49. The van der Waals surface area contributed by atoms with Crippen molar-refractivity contribution in [1.82, 2.24) is 5.32 Å². The van der Waals surface area contributed by atoms with Gasteiger partial charge >= 0.3 is 5.97 Å². The zero-order valence-electron chi connectivity index (χ0n) is 9.43. The number of rotatable bonds is 4. The van der Waals surface area contributed by atoms with Gasteiger partial charge in [-0.2, -0.15) is 0 Å². The van der Waals surface area contributed by atoms with Crippen molar-refractivity contribution < 1.29 is 14.7 Å². The molecular weight excluding hydrogens is 220 g/mol. The van der Waals surface area contributed by atoms with Crippen molar-refractivity contribution in [2.45, 2.75) is 6.92 Å². The predicted molar refractivity (Wildman–Crippen MR) is 65.5 cm³/mol. The van der Waals surface area contributed by atoms with E-state index in [2.05, 4.69) is 5.32 Å². The lowest BCUT2D eigenvalue weighted by Gasteiger charge is -2.01. The molecule has 1 aromatic rings. The first kappa shape index (κ1) is 12.8. The standard InChI is InChI=1S/C12H14N2O3/c1-8(15)14-6-2-3-9-4-5-10(12(16)17)11(13)7-9/h2-5,7H,6,13H2,1H3,(H,14,15)(H,16,17). The minimum atomic E-state index is -1.05. The van der Waals surface area contributed by atoms with Gasteiger partial charge in [-0.3, -0.25) is 4.79 Å². The average Bonchev–Trinajstić information content (AvgIpc) is 2.23. The molecule has 1 rings (SSSR count). The van der Waals surface area contributed by atoms with E-state index < -0.39 is 5.97 Å². The number of hydrogen-bond acceptors (Lipinski definition) is 3. The molecule has 1 amide bonds. The highest BCUT2D eigenvalue weighted by Crippen LogP contribution is 2.15. The Morgan fingerprint density at radius 1 is 1.47 bits per heavy atom. The van der Waals surface area contributed by atoms with Gasteiger partial charge in [-0.15, -0.1) is 0 Å². The van der Waals surface area contributed by atoms with Crippen molar-refractivity contribution in [1.29, 1.82) is 0 Å². The van der Waals surface area contributed by atoms with Crippen LogP contribution in [0.4, 0.5) is 5.69 Å². The second-order valence-corrected chi connectivity index (χ2v) is 3.49. The zero-order chi connectivity index (χ0) is 12.8. The van der Waals surface area contributed by atoms with Gasteiger partial charge < -0.3 is 16.2 Å². The average molecular weight is 234 g/mol. The molecular formula is C12H14N2O3. The third-order valence-corrected chi connectivity index (χ3v) is 2.09. The highest BCUT2D eigenvalue weighted by molar-refractivity contribution is 5.94. The summed E-state index contributed by atoms with van der Waals surface area (Å²) in [6, 6.07) is 4.69. The van der Waals surface area contributed by atoms with Crippen molar-refractivity contribution >= 4 is 23.6 Å². The summed E-state index contributed by atoms with van der Waals surface area (Å²) in [5.41, 5.74) is 6.69. The largest absolute Gasteiger partial charge is 0.478 e. The van der Waals surface area contributed by atoms with E-state index in [1.54, 1.807) is 24.3 Å². The number of nitrogens with one attached hydrogen (secondary N) is 1. The predicted octanol–water partition coefficient (Wildman–Crippen LogP) is 1.12. The molecule has 0 bridgehead atoms. The first-order valence-corrected chi connectivity index (χ1v) is 5.04. The summed E-state index contributed by atoms with van der Waals surface area (Å²) in [6.07, 6.45) is 3.52. The third kappa shape index (κ3) is 3.98. The van der Waals surface area contributed by atoms with Gasteiger partial charge in [0.2, 0.25) is 5.91 Å². The zero-order valence-corrected chi connectivity index (χ0v) is 9.43. The minimum absolute atomic E-state index is 0.0870. The van der Waals surface area contributed by atoms with Gasteiger partial charge in [-0.1, -0.05) is 18.2 Å². The number of nitrogens with two attached hydrogens (primary N) is 1. The number of hydrogen-bond donors (Lipinski definition) is 3. The maximum atomic E-state index is 10.7. The van der Waals surface area contributed by atoms with Crippen LogP contribution in [0.2, 0.25) is 0 Å². The van der Waals surface area contributed by atoms with Crippen LogP contribution >= 0.6 is 0 Å². The molecule has 1 aromatic carbocycles. The van der Waals surface area contributed by atoms with Crippen molar-refractivity contribution in [3.63, 3.8) is 0 Å². The molecule has 5 nitrogen and oxygen atoms in total. The minimum Gasteiger partial charge on any atom is -0.478 e. The molecule has 17 heavy (non-hydrogen) atoms. The number of carbonyl (C=O) groups excluding carboxylic acids is 1. The van der Waals surface area contributed by atoms with Crippen molar-refractivity contribution in [2.75, 3.05) is 12.3 Å². The molecule has 0 radical (unpaired) electrons. The molecule has 0 heterocycles. The molecule has 0 saturated carbocycles. The Bertz CT molecular complexity index is 467. The topological polar surface area (TPSA) is 92.4 Å². The summed E-state index contributed by atoms with van der Waals surface area (Å²) < 4.78 is 0. The van der Waals surface area contributed by atoms with Gasteiger partial charge in [0.25, 0.3) is 0 Å². The van der Waals surface area contributed by atoms with Crippen LogP contribution in [-0.4, -0.2) is 23.5 Å². The van der Waals surface area contributed by atoms with Crippen LogP contribution in [0, 0.1) is 0 Å². The molecule has 90 valence electrons. The molecule has 0 atom stereocenters. The highest BCUT2D eigenvalue weighted by Gasteiger charge is 2.06. The van der Waals surface area contributed by atoms with Crippen molar-refractivity contribution in [3.8, 4) is 0 Å². The number of benzene rings is 1. The number of nitrogen functional groups attached to an aromatic ring is 1. The number of aromatic carboxylic acids is 1. The molecule has 0 aliphatic rings. The van der Waals surface area contributed by atoms with Crippen LogP contribution in [0.5, 0.6) is 0 Å². The maximum absolute atomic E-state index is 10.7. The van der Waals surface area contributed by atoms with Crippen LogP contribution in [0.3, 0.4) is 0 Å². The van der Waals surface area contributed by atoms with Gasteiger partial charge in [0, 0.05) is 19.2 Å². The quantitative estimate of drug-likeness (QED) is 0.680. The number of carboxylic acids is 1. The fourth-order valence-corrected chi connectivity index (χ4v) is 1.28. The van der Waals surface area contributed by atoms with E-state index in [0.29, 0.717) is 6.54 Å². The summed E-state index contributed by atoms with van der Waals surface area (Å²) in [7, 11) is 0. The molecule has 0 aliphatic carbocycles. The summed E-state index contributed by atoms with van der Waals surface area (Å²) in [5, 5.41) is 11.4. The van der Waals surface area contributed by atoms with Gasteiger partial charge in [-0.25, -0.2) is 4.79 Å². The number of carbonyl (C=O) groups is 2. The first-order chi connectivity index (χ1) is 8.00. The molecule has 0 spiro atoms. The van der Waals surface area contributed by atoms with Crippen LogP contribution in [0.15, 0.2) is 24.3 Å². The van der Waals surface area contributed by atoms with Crippen LogP contribution in [0.25, 0.3) is 6.08 Å². The van der Waals surface area contributed by atoms with E-state index in [1.165, 1.54) is 13.0 Å². The van der Waals surface area contributed by atoms with Crippen LogP contribution in [0.1, 0.15) is 22.8 Å². The summed E-state index contributed by atoms with van der Waals surface area (Å²) >= 11 is 0. The van der Waals surface area contributed by atoms with Gasteiger partial charge in [0.15, 0.2) is 0 Å². The SMILES string of the molecule is CC(=O)NCC=Cc1ccc(C(=O)O)c(N)c1. The lowest BCUT2D eigenvalue weighted by molar-refractivity contribution is -0.118. The van der Waals surface area contributed by atoms with E-state index in [1.807, 2.05) is 0 Å². The van der Waals surface area contributed by atoms with Crippen LogP contribution < -0.4 is 11.1 Å². The van der Waals surface area contributed by atoms with Gasteiger partial charge in [0.05, 0.1) is 5.56 Å². The fraction of sp³-hybridized carbons (Fsp3) is 0.167. The van der Waals surface area contributed by atoms with Gasteiger partial charge in [0.1, 0.15) is 0 Å². The fourth-order valence-electron chi connectivity index (χ4n) is 1.28. The molecule has 0 unspecified atom stereocenters. The first-order valence-electron chi connectivity index (χ1n) is 5.04. The molecule has 0 aliphatic heterocycles. The summed E-state index contributed by atoms with van der Waals surface area (Å²) in [4.78, 5) is 21.3. The van der Waals surface area contributed by atoms with E-state index in [0.717, 1.165) is 5.56 Å². The summed E-state index contributed by atoms with van der Waals surface area (Å²) in [6.45, 7) is 1.86. The third-order valence-electron chi connectivity index (χ3n) is 2.09. The number of anilines is 1. The monoisotopic (exact) mass is 234 g/mol. The van der Waals surface area contributed by atoms with E-state index >= 15 is 0 Å². The Morgan fingerprint density at radius 2 is 2.18 bits per heavy atom. The maximum Gasteiger partial charge on any atom is 0.337 e. The van der Waals surface area contributed by atoms with Gasteiger partial charge in [-0.05, 0) is 17.7 Å². The summed E-state index contributed by atoms with van der Waals surface area (Å²) in [5.74, 6) is -1.15. The Morgan fingerprint density at radius 3 is 2.71 bits per heavy atom. The Balaban J connectivity index is 2.70. The van der Waals surface area contributed by atoms with Crippen molar-refractivity contribution in [3.05, 3.63) is 35.4 Å². The van der Waals surface area contributed by atoms with E-state index in [9.17, 15) is 9.59 Å². The normalized spacial score (nSPS) is 10.4. The van der Waals surface area contributed by atoms with E-state index in [4.69, 9.17) is 10.8 Å². The van der Waals surface area contributed by atoms with Crippen LogP contribution in [-0.2, 0) is 4.79 Å².